The molecule has 0 saturated carbocycles. The van der Waals surface area contributed by atoms with Gasteiger partial charge in [0.25, 0.3) is 0 Å². The number of methoxy groups -OCH3 is 1. The number of halogens is 1. The van der Waals surface area contributed by atoms with E-state index >= 15 is 0 Å². The number of ether oxygens (including phenoxy) is 2. The van der Waals surface area contributed by atoms with Gasteiger partial charge in [-0.15, -0.1) is 23.7 Å². The maximum Gasteiger partial charge on any atom is 0.316 e. The van der Waals surface area contributed by atoms with E-state index in [2.05, 4.69) is 4.98 Å². The van der Waals surface area contributed by atoms with Gasteiger partial charge in [0.15, 0.2) is 0 Å². The minimum absolute atomic E-state index is 0. The van der Waals surface area contributed by atoms with Crippen LogP contribution in [0, 0.1) is 18.3 Å². The molecule has 6 nitrogen and oxygen atoms in total. The first kappa shape index (κ1) is 17.2. The van der Waals surface area contributed by atoms with Crippen molar-refractivity contribution >= 4 is 35.6 Å². The molecule has 2 saturated heterocycles. The van der Waals surface area contributed by atoms with Crippen LogP contribution in [0.3, 0.4) is 0 Å². The lowest BCUT2D eigenvalue weighted by atomic mass is 9.81. The van der Waals surface area contributed by atoms with Crippen LogP contribution in [0.5, 0.6) is 0 Å². The summed E-state index contributed by atoms with van der Waals surface area (Å²) in [4.78, 5) is 30.6. The van der Waals surface area contributed by atoms with Gasteiger partial charge in [0.2, 0.25) is 5.91 Å². The average Bonchev–Trinajstić information content (AvgIpc) is 3.11. The zero-order chi connectivity index (χ0) is 15.0. The van der Waals surface area contributed by atoms with Gasteiger partial charge in [-0.1, -0.05) is 0 Å². The van der Waals surface area contributed by atoms with Crippen molar-refractivity contribution in [3.63, 3.8) is 0 Å². The molecule has 0 bridgehead atoms. The van der Waals surface area contributed by atoms with E-state index in [-0.39, 0.29) is 36.6 Å². The predicted octanol–water partition coefficient (Wildman–Crippen LogP) is 1.06. The number of likely N-dealkylation sites (tertiary alicyclic amines) is 1. The Morgan fingerprint density at radius 1 is 1.59 bits per heavy atom. The number of rotatable bonds is 3. The molecular weight excluding hydrogens is 328 g/mol. The van der Waals surface area contributed by atoms with Gasteiger partial charge in [-0.25, -0.2) is 4.98 Å². The van der Waals surface area contributed by atoms with Crippen molar-refractivity contribution in [1.82, 2.24) is 9.88 Å². The van der Waals surface area contributed by atoms with Gasteiger partial charge in [0.1, 0.15) is 5.41 Å². The Bertz CT molecular complexity index is 579. The largest absolute Gasteiger partial charge is 0.468 e. The van der Waals surface area contributed by atoms with E-state index in [9.17, 15) is 9.59 Å². The highest BCUT2D eigenvalue weighted by Crippen LogP contribution is 2.42. The monoisotopic (exact) mass is 346 g/mol. The van der Waals surface area contributed by atoms with Crippen LogP contribution in [0.2, 0.25) is 0 Å². The van der Waals surface area contributed by atoms with Gasteiger partial charge >= 0.3 is 5.97 Å². The van der Waals surface area contributed by atoms with E-state index in [0.717, 1.165) is 10.7 Å². The number of fused-ring (bicyclic) bond motifs is 1. The van der Waals surface area contributed by atoms with Gasteiger partial charge in [0.05, 0.1) is 37.4 Å². The minimum Gasteiger partial charge on any atom is -0.468 e. The molecule has 2 aliphatic heterocycles. The van der Waals surface area contributed by atoms with Gasteiger partial charge < -0.3 is 14.4 Å². The molecule has 1 aromatic rings. The Hall–Kier alpha value is -1.18. The minimum atomic E-state index is -0.678. The third-order valence-electron chi connectivity index (χ3n) is 4.32. The Balaban J connectivity index is 0.00000176. The topological polar surface area (TPSA) is 68.7 Å². The van der Waals surface area contributed by atoms with Crippen molar-refractivity contribution < 1.29 is 19.1 Å². The first-order valence-corrected chi connectivity index (χ1v) is 7.78. The molecule has 122 valence electrons. The fraction of sp³-hybridized carbons (Fsp3) is 0.643. The lowest BCUT2D eigenvalue weighted by molar-refractivity contribution is -0.153. The second kappa shape index (κ2) is 6.52. The van der Waals surface area contributed by atoms with Crippen molar-refractivity contribution in [1.29, 1.82) is 0 Å². The van der Waals surface area contributed by atoms with E-state index in [1.807, 2.05) is 12.3 Å². The molecule has 8 heteroatoms. The summed E-state index contributed by atoms with van der Waals surface area (Å²) in [6, 6.07) is 0. The van der Waals surface area contributed by atoms with E-state index in [4.69, 9.17) is 9.47 Å². The number of esters is 1. The quantitative estimate of drug-likeness (QED) is 0.766. The van der Waals surface area contributed by atoms with Crippen molar-refractivity contribution in [3.05, 3.63) is 16.1 Å². The summed E-state index contributed by atoms with van der Waals surface area (Å²) in [6.45, 7) is 3.70. The van der Waals surface area contributed by atoms with Crippen LogP contribution in [0.4, 0.5) is 0 Å². The number of thiazole rings is 1. The predicted molar refractivity (Wildman–Crippen MR) is 83.1 cm³/mol. The summed E-state index contributed by atoms with van der Waals surface area (Å²) >= 11 is 1.54. The third kappa shape index (κ3) is 2.85. The fourth-order valence-corrected chi connectivity index (χ4v) is 3.79. The molecule has 3 heterocycles. The molecule has 0 aromatic carbocycles. The lowest BCUT2D eigenvalue weighted by Gasteiger charge is -2.23. The number of hydrogen-bond acceptors (Lipinski definition) is 6. The fourth-order valence-electron chi connectivity index (χ4n) is 3.17. The number of carbonyl (C=O) groups excluding carboxylic acids is 2. The third-order valence-corrected chi connectivity index (χ3v) is 5.14. The molecule has 22 heavy (non-hydrogen) atoms. The maximum atomic E-state index is 12.4. The average molecular weight is 347 g/mol. The molecule has 2 aliphatic rings. The van der Waals surface area contributed by atoms with E-state index < -0.39 is 5.41 Å². The molecule has 3 rings (SSSR count). The van der Waals surface area contributed by atoms with E-state index in [1.165, 1.54) is 18.4 Å². The summed E-state index contributed by atoms with van der Waals surface area (Å²) in [7, 11) is 1.38. The Morgan fingerprint density at radius 2 is 2.36 bits per heavy atom. The molecule has 0 aliphatic carbocycles. The maximum absolute atomic E-state index is 12.4. The Morgan fingerprint density at radius 3 is 3.00 bits per heavy atom. The molecule has 2 atom stereocenters. The molecule has 2 fully saturated rings. The molecule has 1 amide bonds. The first-order chi connectivity index (χ1) is 10.0. The van der Waals surface area contributed by atoms with Gasteiger partial charge in [-0.2, -0.15) is 0 Å². The van der Waals surface area contributed by atoms with Gasteiger partial charge in [0, 0.05) is 24.4 Å². The van der Waals surface area contributed by atoms with Crippen molar-refractivity contribution in [2.24, 2.45) is 11.3 Å². The number of aryl methyl sites for hydroxylation is 1. The highest BCUT2D eigenvalue weighted by Gasteiger charge is 2.57. The zero-order valence-electron chi connectivity index (χ0n) is 12.5. The summed E-state index contributed by atoms with van der Waals surface area (Å²) in [5.41, 5.74) is 0.116. The van der Waals surface area contributed by atoms with Crippen LogP contribution in [0.15, 0.2) is 5.38 Å². The van der Waals surface area contributed by atoms with Crippen LogP contribution in [0.1, 0.15) is 10.7 Å². The molecule has 1 aromatic heterocycles. The highest BCUT2D eigenvalue weighted by atomic mass is 35.5. The summed E-state index contributed by atoms with van der Waals surface area (Å²) in [5, 5.41) is 2.86. The normalized spacial score (nSPS) is 26.5. The van der Waals surface area contributed by atoms with E-state index in [0.29, 0.717) is 26.3 Å². The number of carbonyl (C=O) groups is 2. The summed E-state index contributed by atoms with van der Waals surface area (Å²) < 4.78 is 10.4. The highest BCUT2D eigenvalue weighted by molar-refractivity contribution is 7.09. The smallest absolute Gasteiger partial charge is 0.316 e. The van der Waals surface area contributed by atoms with Crippen molar-refractivity contribution in [2.45, 2.75) is 13.3 Å². The summed E-state index contributed by atoms with van der Waals surface area (Å²) in [5.74, 6) is -0.228. The molecule has 0 spiro atoms. The van der Waals surface area contributed by atoms with Gasteiger partial charge in [-0.05, 0) is 6.92 Å². The van der Waals surface area contributed by atoms with Gasteiger partial charge in [-0.3, -0.25) is 9.59 Å². The first-order valence-electron chi connectivity index (χ1n) is 6.90. The Labute approximate surface area is 139 Å². The Kier molecular flexibility index (Phi) is 5.09. The molecular formula is C14H19ClN2O4S. The van der Waals surface area contributed by atoms with Crippen LogP contribution in [0.25, 0.3) is 0 Å². The van der Waals surface area contributed by atoms with Crippen LogP contribution in [-0.2, 0) is 25.5 Å². The molecule has 0 N–H and O–H groups in total. The number of aromatic nitrogens is 1. The SMILES string of the molecule is COC(=O)[C@@]12COC[C@@H]1CN(C(=O)Cc1csc(C)n1)C2.Cl. The van der Waals surface area contributed by atoms with Crippen molar-refractivity contribution in [3.8, 4) is 0 Å². The molecule has 0 radical (unpaired) electrons. The number of amides is 1. The number of nitrogens with zero attached hydrogens (tertiary/aromatic N) is 2. The van der Waals surface area contributed by atoms with Crippen LogP contribution < -0.4 is 0 Å². The second-order valence-electron chi connectivity index (χ2n) is 5.67. The zero-order valence-corrected chi connectivity index (χ0v) is 14.2. The van der Waals surface area contributed by atoms with Crippen LogP contribution >= 0.6 is 23.7 Å². The second-order valence-corrected chi connectivity index (χ2v) is 6.73. The standard InChI is InChI=1S/C14H18N2O4S.ClH/c1-9-15-11(6-21-9)3-12(17)16-4-10-5-20-8-14(10,7-16)13(18)19-2;/h6,10H,3-5,7-8H2,1-2H3;1H/t10-,14-;/m0./s1. The van der Waals surface area contributed by atoms with Crippen molar-refractivity contribution in [2.75, 3.05) is 33.4 Å². The number of hydrogen-bond donors (Lipinski definition) is 0. The lowest BCUT2D eigenvalue weighted by Crippen LogP contribution is -2.41. The van der Waals surface area contributed by atoms with Crippen LogP contribution in [-0.4, -0.2) is 55.2 Å². The van der Waals surface area contributed by atoms with E-state index in [1.54, 1.807) is 4.90 Å². The molecule has 0 unspecified atom stereocenters. The summed E-state index contributed by atoms with van der Waals surface area (Å²) in [6.07, 6.45) is 0.287.